The largest absolute Gasteiger partial charge is 0.493 e. The molecule has 0 spiro atoms. The number of hydrogen-bond acceptors (Lipinski definition) is 5. The fourth-order valence-electron chi connectivity index (χ4n) is 3.58. The summed E-state index contributed by atoms with van der Waals surface area (Å²) < 4.78 is 7.21. The third kappa shape index (κ3) is 3.71. The Kier molecular flexibility index (Phi) is 5.00. The van der Waals surface area contributed by atoms with Gasteiger partial charge in [0.1, 0.15) is 11.4 Å². The second kappa shape index (κ2) is 7.97. The number of rotatable bonds is 4. The van der Waals surface area contributed by atoms with Crippen LogP contribution >= 0.6 is 11.6 Å². The van der Waals surface area contributed by atoms with Crippen molar-refractivity contribution in [2.24, 2.45) is 5.92 Å². The summed E-state index contributed by atoms with van der Waals surface area (Å²) in [5.41, 5.74) is 3.93. The van der Waals surface area contributed by atoms with Gasteiger partial charge in [-0.25, -0.2) is 0 Å². The van der Waals surface area contributed by atoms with E-state index < -0.39 is 0 Å². The molecule has 0 unspecified atom stereocenters. The van der Waals surface area contributed by atoms with Gasteiger partial charge in [0.2, 0.25) is 0 Å². The predicted octanol–water partition coefficient (Wildman–Crippen LogP) is 3.86. The first kappa shape index (κ1) is 19.5. The third-order valence-corrected chi connectivity index (χ3v) is 5.57. The van der Waals surface area contributed by atoms with Crippen LogP contribution in [0.4, 0.5) is 11.4 Å². The molecule has 2 N–H and O–H groups in total. The van der Waals surface area contributed by atoms with Crippen molar-refractivity contribution < 1.29 is 9.53 Å². The average Bonchev–Trinajstić information content (AvgIpc) is 3.53. The van der Waals surface area contributed by atoms with Crippen molar-refractivity contribution >= 4 is 28.9 Å². The summed E-state index contributed by atoms with van der Waals surface area (Å²) in [4.78, 5) is 17.0. The summed E-state index contributed by atoms with van der Waals surface area (Å²) in [7, 11) is 1.56. The molecule has 0 bridgehead atoms. The molecule has 3 heterocycles. The van der Waals surface area contributed by atoms with E-state index in [1.165, 1.54) is 0 Å². The van der Waals surface area contributed by atoms with Crippen LogP contribution in [0.1, 0.15) is 28.9 Å². The average molecular weight is 434 g/mol. The fourth-order valence-corrected chi connectivity index (χ4v) is 3.83. The number of nitrogens with zero attached hydrogens (tertiary/aromatic N) is 3. The Morgan fingerprint density at radius 3 is 3.00 bits per heavy atom. The number of nitrogens with one attached hydrogen (secondary N) is 2. The number of carbonyl (C=O) groups is 1. The van der Waals surface area contributed by atoms with E-state index in [0.29, 0.717) is 52.5 Å². The molecule has 0 saturated heterocycles. The van der Waals surface area contributed by atoms with E-state index in [4.69, 9.17) is 21.4 Å². The van der Waals surface area contributed by atoms with Crippen LogP contribution in [0.5, 0.6) is 5.75 Å². The Hall–Kier alpha value is -3.50. The molecular formula is C23H20ClN5O2. The summed E-state index contributed by atoms with van der Waals surface area (Å²) in [6, 6.07) is 7.30. The van der Waals surface area contributed by atoms with Crippen LogP contribution in [-0.2, 0) is 6.54 Å². The van der Waals surface area contributed by atoms with Crippen molar-refractivity contribution in [2.45, 2.75) is 19.4 Å². The molecule has 7 nitrogen and oxygen atoms in total. The number of pyridine rings is 1. The Morgan fingerprint density at radius 2 is 2.19 bits per heavy atom. The minimum Gasteiger partial charge on any atom is -0.493 e. The van der Waals surface area contributed by atoms with Gasteiger partial charge in [-0.3, -0.25) is 14.5 Å². The maximum absolute atomic E-state index is 12.8. The number of ether oxygens (including phenoxy) is 1. The lowest BCUT2D eigenvalue weighted by molar-refractivity contribution is 0.0925. The minimum atomic E-state index is -0.187. The molecule has 5 rings (SSSR count). The number of benzene rings is 1. The highest BCUT2D eigenvalue weighted by Crippen LogP contribution is 2.40. The Bertz CT molecular complexity index is 1240. The molecule has 1 aromatic carbocycles. The van der Waals surface area contributed by atoms with Crippen LogP contribution < -0.4 is 15.4 Å². The molecule has 2 aromatic heterocycles. The van der Waals surface area contributed by atoms with Gasteiger partial charge in [-0.15, -0.1) is 0 Å². The Balaban J connectivity index is 1.67. The van der Waals surface area contributed by atoms with E-state index in [9.17, 15) is 4.79 Å². The highest BCUT2D eigenvalue weighted by atomic mass is 35.5. The van der Waals surface area contributed by atoms with Crippen molar-refractivity contribution in [3.8, 4) is 28.8 Å². The highest BCUT2D eigenvalue weighted by Gasteiger charge is 2.29. The number of hydrogen-bond donors (Lipinski definition) is 2. The van der Waals surface area contributed by atoms with Gasteiger partial charge in [0.15, 0.2) is 5.75 Å². The van der Waals surface area contributed by atoms with Gasteiger partial charge in [0.05, 0.1) is 35.6 Å². The number of methoxy groups -OCH3 is 1. The number of carbonyl (C=O) groups excluding carboxylic acids is 1. The van der Waals surface area contributed by atoms with Gasteiger partial charge in [0.25, 0.3) is 5.91 Å². The highest BCUT2D eigenvalue weighted by molar-refractivity contribution is 6.32. The molecule has 1 saturated carbocycles. The number of halogens is 1. The zero-order valence-electron chi connectivity index (χ0n) is 16.9. The summed E-state index contributed by atoms with van der Waals surface area (Å²) in [6.07, 6.45) is 5.73. The predicted molar refractivity (Wildman–Crippen MR) is 119 cm³/mol. The van der Waals surface area contributed by atoms with E-state index in [2.05, 4.69) is 27.5 Å². The van der Waals surface area contributed by atoms with Gasteiger partial charge in [0, 0.05) is 30.4 Å². The van der Waals surface area contributed by atoms with E-state index in [1.807, 2.05) is 18.2 Å². The number of fused-ring (bicyclic) bond motifs is 1. The Labute approximate surface area is 184 Å². The van der Waals surface area contributed by atoms with Crippen molar-refractivity contribution in [1.82, 2.24) is 20.1 Å². The maximum atomic E-state index is 12.8. The van der Waals surface area contributed by atoms with Crippen molar-refractivity contribution in [2.75, 3.05) is 19.0 Å². The molecular weight excluding hydrogens is 414 g/mol. The quantitative estimate of drug-likeness (QED) is 0.611. The maximum Gasteiger partial charge on any atom is 0.271 e. The van der Waals surface area contributed by atoms with E-state index >= 15 is 0 Å². The molecule has 1 fully saturated rings. The summed E-state index contributed by atoms with van der Waals surface area (Å²) >= 11 is 6.31. The molecule has 156 valence electrons. The lowest BCUT2D eigenvalue weighted by atomic mass is 10.0. The summed E-state index contributed by atoms with van der Waals surface area (Å²) in [5, 5.41) is 11.5. The summed E-state index contributed by atoms with van der Waals surface area (Å²) in [6.45, 7) is 1.11. The van der Waals surface area contributed by atoms with Gasteiger partial charge < -0.3 is 15.4 Å². The molecule has 31 heavy (non-hydrogen) atoms. The zero-order valence-corrected chi connectivity index (χ0v) is 17.7. The molecule has 1 aliphatic carbocycles. The summed E-state index contributed by atoms with van der Waals surface area (Å²) in [5.74, 6) is 7.31. The van der Waals surface area contributed by atoms with E-state index in [1.54, 1.807) is 30.3 Å². The SMILES string of the molecule is COc1c(Cl)cccc1Nc1c(-c2ccncc2C#CC2CC2)nn2c1C(=O)NCC2. The molecule has 0 radical (unpaired) electrons. The van der Waals surface area contributed by atoms with Gasteiger partial charge >= 0.3 is 0 Å². The Morgan fingerprint density at radius 1 is 1.32 bits per heavy atom. The third-order valence-electron chi connectivity index (χ3n) is 5.27. The number of para-hydroxylation sites is 1. The van der Waals surface area contributed by atoms with Crippen LogP contribution in [0.3, 0.4) is 0 Å². The molecule has 2 aliphatic rings. The molecule has 3 aromatic rings. The number of anilines is 2. The van der Waals surface area contributed by atoms with Crippen LogP contribution in [-0.4, -0.2) is 34.3 Å². The lowest BCUT2D eigenvalue weighted by Gasteiger charge is -2.17. The number of amides is 1. The van der Waals surface area contributed by atoms with Crippen LogP contribution in [0.2, 0.25) is 5.02 Å². The lowest BCUT2D eigenvalue weighted by Crippen LogP contribution is -2.35. The van der Waals surface area contributed by atoms with Crippen LogP contribution in [0.15, 0.2) is 36.7 Å². The smallest absolute Gasteiger partial charge is 0.271 e. The van der Waals surface area contributed by atoms with Gasteiger partial charge in [-0.1, -0.05) is 29.5 Å². The van der Waals surface area contributed by atoms with Crippen molar-refractivity contribution in [1.29, 1.82) is 0 Å². The van der Waals surface area contributed by atoms with Gasteiger partial charge in [-0.2, -0.15) is 5.10 Å². The second-order valence-corrected chi connectivity index (χ2v) is 7.87. The topological polar surface area (TPSA) is 81.1 Å². The molecule has 1 amide bonds. The molecule has 1 aliphatic heterocycles. The van der Waals surface area contributed by atoms with Crippen LogP contribution in [0.25, 0.3) is 11.3 Å². The van der Waals surface area contributed by atoms with Crippen LogP contribution in [0, 0.1) is 17.8 Å². The van der Waals surface area contributed by atoms with Gasteiger partial charge in [-0.05, 0) is 31.0 Å². The second-order valence-electron chi connectivity index (χ2n) is 7.46. The zero-order chi connectivity index (χ0) is 21.4. The monoisotopic (exact) mass is 433 g/mol. The first-order valence-electron chi connectivity index (χ1n) is 10.1. The molecule has 8 heteroatoms. The van der Waals surface area contributed by atoms with E-state index in [-0.39, 0.29) is 5.91 Å². The first-order valence-corrected chi connectivity index (χ1v) is 10.5. The van der Waals surface area contributed by atoms with Crippen molar-refractivity contribution in [3.63, 3.8) is 0 Å². The normalized spacial score (nSPS) is 14.8. The fraction of sp³-hybridized carbons (Fsp3) is 0.261. The van der Waals surface area contributed by atoms with E-state index in [0.717, 1.165) is 24.0 Å². The molecule has 0 atom stereocenters. The minimum absolute atomic E-state index is 0.187. The van der Waals surface area contributed by atoms with Crippen molar-refractivity contribution in [3.05, 3.63) is 52.9 Å². The number of aromatic nitrogens is 3. The first-order chi connectivity index (χ1) is 15.2. The standard InChI is InChI=1S/C23H20ClN5O2/c1-31-22-17(24)3-2-4-18(22)27-20-19(28-29-12-11-26-23(30)21(20)29)16-9-10-25-13-15(16)8-7-14-5-6-14/h2-4,9-10,13-14,27H,5-6,11-12H2,1H3,(H,26,30).